The van der Waals surface area contributed by atoms with E-state index in [1.807, 2.05) is 63.2 Å². The Bertz CT molecular complexity index is 1390. The van der Waals surface area contributed by atoms with E-state index in [4.69, 9.17) is 9.47 Å². The van der Waals surface area contributed by atoms with Crippen LogP contribution in [0.2, 0.25) is 0 Å². The average molecular weight is 575 g/mol. The molecule has 0 saturated carbocycles. The summed E-state index contributed by atoms with van der Waals surface area (Å²) in [6.45, 7) is 13.5. The highest BCUT2D eigenvalue weighted by atomic mass is 16.6. The Hall–Kier alpha value is -3.49. The van der Waals surface area contributed by atoms with Crippen LogP contribution in [0.4, 0.5) is 5.69 Å². The van der Waals surface area contributed by atoms with Gasteiger partial charge in [-0.05, 0) is 54.5 Å². The number of likely N-dealkylation sites (tertiary alicyclic amines) is 1. The Kier molecular flexibility index (Phi) is 8.32. The first-order chi connectivity index (χ1) is 20.2. The van der Waals surface area contributed by atoms with Crippen molar-refractivity contribution in [2.24, 2.45) is 17.8 Å². The molecular formula is C34H42N2O6. The molecule has 2 unspecified atom stereocenters. The third kappa shape index (κ3) is 4.65. The second kappa shape index (κ2) is 11.7. The first-order valence-corrected chi connectivity index (χ1v) is 15.0. The summed E-state index contributed by atoms with van der Waals surface area (Å²) in [4.78, 5) is 46.2. The molecule has 0 aliphatic carbocycles. The van der Waals surface area contributed by atoms with Gasteiger partial charge in [-0.15, -0.1) is 6.58 Å². The van der Waals surface area contributed by atoms with E-state index in [9.17, 15) is 19.5 Å². The van der Waals surface area contributed by atoms with Crippen LogP contribution in [0, 0.1) is 17.8 Å². The SMILES string of the molecule is C=CCOC(=O)[C@H]1[C@H]2C(=O)N([C@@H](CO)CC(C)C)C(C(=O)N(CC=C)c3ccc4ccccc4c3)C23CC[C@]1(CC)O3. The molecule has 8 heteroatoms. The number of hydrogen-bond donors (Lipinski definition) is 1. The predicted molar refractivity (Wildman–Crippen MR) is 162 cm³/mol. The van der Waals surface area contributed by atoms with Crippen molar-refractivity contribution in [3.8, 4) is 0 Å². The van der Waals surface area contributed by atoms with Crippen LogP contribution >= 0.6 is 0 Å². The highest BCUT2D eigenvalue weighted by molar-refractivity contribution is 6.05. The minimum Gasteiger partial charge on any atom is -0.461 e. The van der Waals surface area contributed by atoms with Crippen LogP contribution in [0.1, 0.15) is 46.5 Å². The fourth-order valence-corrected chi connectivity index (χ4v) is 7.68. The highest BCUT2D eigenvalue weighted by Crippen LogP contribution is 2.65. The Morgan fingerprint density at radius 1 is 1.17 bits per heavy atom. The van der Waals surface area contributed by atoms with Crippen molar-refractivity contribution in [1.29, 1.82) is 0 Å². The number of anilines is 1. The molecule has 3 heterocycles. The zero-order valence-electron chi connectivity index (χ0n) is 24.8. The van der Waals surface area contributed by atoms with E-state index in [-0.39, 0.29) is 37.5 Å². The van der Waals surface area contributed by atoms with Gasteiger partial charge in [0.25, 0.3) is 5.91 Å². The Labute approximate surface area is 248 Å². The first-order valence-electron chi connectivity index (χ1n) is 15.0. The van der Waals surface area contributed by atoms with Gasteiger partial charge in [-0.25, -0.2) is 0 Å². The van der Waals surface area contributed by atoms with Gasteiger partial charge in [0.1, 0.15) is 24.2 Å². The van der Waals surface area contributed by atoms with Crippen LogP contribution in [-0.2, 0) is 23.9 Å². The number of aliphatic hydroxyl groups excluding tert-OH is 1. The van der Waals surface area contributed by atoms with Gasteiger partial charge in [-0.2, -0.15) is 0 Å². The van der Waals surface area contributed by atoms with E-state index >= 15 is 0 Å². The molecule has 2 bridgehead atoms. The number of fused-ring (bicyclic) bond motifs is 2. The number of ether oxygens (including phenoxy) is 2. The van der Waals surface area contributed by atoms with Gasteiger partial charge < -0.3 is 24.4 Å². The van der Waals surface area contributed by atoms with Crippen LogP contribution < -0.4 is 4.90 Å². The monoisotopic (exact) mass is 574 g/mol. The van der Waals surface area contributed by atoms with Gasteiger partial charge >= 0.3 is 5.97 Å². The maximum absolute atomic E-state index is 14.9. The Morgan fingerprint density at radius 2 is 1.90 bits per heavy atom. The second-order valence-electron chi connectivity index (χ2n) is 12.2. The summed E-state index contributed by atoms with van der Waals surface area (Å²) in [6, 6.07) is 12.1. The van der Waals surface area contributed by atoms with E-state index < -0.39 is 41.1 Å². The fraction of sp³-hybridized carbons (Fsp3) is 0.500. The van der Waals surface area contributed by atoms with Crippen LogP contribution in [0.3, 0.4) is 0 Å². The highest BCUT2D eigenvalue weighted by Gasteiger charge is 2.79. The molecule has 3 aliphatic rings. The van der Waals surface area contributed by atoms with E-state index in [0.29, 0.717) is 31.4 Å². The minimum absolute atomic E-state index is 0.0246. The van der Waals surface area contributed by atoms with Gasteiger partial charge in [0.05, 0.1) is 24.2 Å². The molecule has 2 amide bonds. The molecule has 1 spiro atoms. The van der Waals surface area contributed by atoms with Crippen molar-refractivity contribution in [3.05, 3.63) is 67.8 Å². The maximum Gasteiger partial charge on any atom is 0.313 e. The summed E-state index contributed by atoms with van der Waals surface area (Å²) in [5.74, 6) is -2.74. The lowest BCUT2D eigenvalue weighted by atomic mass is 9.65. The summed E-state index contributed by atoms with van der Waals surface area (Å²) in [6.07, 6.45) is 5.15. The number of carbonyl (C=O) groups excluding carboxylic acids is 3. The van der Waals surface area contributed by atoms with E-state index in [1.165, 1.54) is 6.08 Å². The van der Waals surface area contributed by atoms with Crippen LogP contribution in [-0.4, -0.2) is 70.8 Å². The van der Waals surface area contributed by atoms with Crippen LogP contribution in [0.15, 0.2) is 67.8 Å². The molecular weight excluding hydrogens is 532 g/mol. The van der Waals surface area contributed by atoms with E-state index in [2.05, 4.69) is 13.2 Å². The lowest BCUT2D eigenvalue weighted by molar-refractivity contribution is -0.161. The van der Waals surface area contributed by atoms with Gasteiger partial charge in [0.2, 0.25) is 5.91 Å². The predicted octanol–water partition coefficient (Wildman–Crippen LogP) is 4.65. The molecule has 3 saturated heterocycles. The summed E-state index contributed by atoms with van der Waals surface area (Å²) in [7, 11) is 0. The Balaban J connectivity index is 1.64. The largest absolute Gasteiger partial charge is 0.461 e. The number of esters is 1. The quantitative estimate of drug-likeness (QED) is 0.293. The van der Waals surface area contributed by atoms with Crippen molar-refractivity contribution in [2.45, 2.75) is 69.7 Å². The third-order valence-electron chi connectivity index (χ3n) is 9.42. The third-order valence-corrected chi connectivity index (χ3v) is 9.42. The molecule has 2 aromatic rings. The van der Waals surface area contributed by atoms with Gasteiger partial charge in [-0.1, -0.05) is 69.8 Å². The first kappa shape index (κ1) is 30.0. The minimum atomic E-state index is -1.22. The average Bonchev–Trinajstić information content (AvgIpc) is 3.60. The van der Waals surface area contributed by atoms with Crippen LogP contribution in [0.25, 0.3) is 10.8 Å². The van der Waals surface area contributed by atoms with Crippen molar-refractivity contribution in [2.75, 3.05) is 24.7 Å². The molecule has 3 fully saturated rings. The molecule has 42 heavy (non-hydrogen) atoms. The van der Waals surface area contributed by atoms with E-state index in [1.54, 1.807) is 15.9 Å². The molecule has 0 radical (unpaired) electrons. The molecule has 6 atom stereocenters. The maximum atomic E-state index is 14.9. The van der Waals surface area contributed by atoms with Gasteiger partial charge in [0.15, 0.2) is 0 Å². The number of rotatable bonds is 12. The standard InChI is InChI=1S/C34H42N2O6/c1-6-17-35(25-14-13-23-11-9-10-12-24(23)20-25)31(39)29-34-16-15-33(8-3,42-34)28(32(40)41-18-7-2)27(34)30(38)36(29)26(21-37)19-22(4)5/h6-7,9-14,20,22,26-29,37H,1-2,8,15-19,21H2,3-5H3/t26-,27+,28-,29?,33+,34?/m1/s1. The zero-order valence-corrected chi connectivity index (χ0v) is 24.8. The molecule has 224 valence electrons. The molecule has 1 N–H and O–H groups in total. The van der Waals surface area contributed by atoms with Crippen molar-refractivity contribution in [1.82, 2.24) is 4.90 Å². The summed E-state index contributed by atoms with van der Waals surface area (Å²) < 4.78 is 12.4. The Morgan fingerprint density at radius 3 is 2.55 bits per heavy atom. The van der Waals surface area contributed by atoms with Crippen LogP contribution in [0.5, 0.6) is 0 Å². The smallest absolute Gasteiger partial charge is 0.313 e. The van der Waals surface area contributed by atoms with Crippen molar-refractivity contribution in [3.63, 3.8) is 0 Å². The number of carbonyl (C=O) groups is 3. The van der Waals surface area contributed by atoms with E-state index in [0.717, 1.165) is 10.8 Å². The van der Waals surface area contributed by atoms with Gasteiger partial charge in [0, 0.05) is 12.2 Å². The summed E-state index contributed by atoms with van der Waals surface area (Å²) >= 11 is 0. The fourth-order valence-electron chi connectivity index (χ4n) is 7.68. The number of hydrogen-bond acceptors (Lipinski definition) is 6. The number of nitrogens with zero attached hydrogens (tertiary/aromatic N) is 2. The normalized spacial score (nSPS) is 28.6. The topological polar surface area (TPSA) is 96.4 Å². The summed E-state index contributed by atoms with van der Waals surface area (Å²) in [5.41, 5.74) is -1.44. The molecule has 3 aliphatic heterocycles. The molecule has 5 rings (SSSR count). The lowest BCUT2D eigenvalue weighted by Crippen LogP contribution is -2.59. The number of benzene rings is 2. The molecule has 2 aromatic carbocycles. The lowest BCUT2D eigenvalue weighted by Gasteiger charge is -2.40. The van der Waals surface area contributed by atoms with Gasteiger partial charge in [-0.3, -0.25) is 14.4 Å². The van der Waals surface area contributed by atoms with Crippen molar-refractivity contribution < 1.29 is 29.0 Å². The zero-order chi connectivity index (χ0) is 30.2. The summed E-state index contributed by atoms with van der Waals surface area (Å²) in [5, 5.41) is 12.6. The molecule has 8 nitrogen and oxygen atoms in total. The number of amides is 2. The molecule has 0 aromatic heterocycles. The number of aliphatic hydroxyl groups is 1. The van der Waals surface area contributed by atoms with Crippen molar-refractivity contribution >= 4 is 34.2 Å². The second-order valence-corrected chi connectivity index (χ2v) is 12.2.